The molecule has 60 heavy (non-hydrogen) atoms. The number of likely N-dealkylation sites (N-methyl/N-ethyl adjacent to an activating group) is 1. The molecule has 0 fully saturated rings. The lowest BCUT2D eigenvalue weighted by Gasteiger charge is -2.24. The van der Waals surface area contributed by atoms with E-state index in [1.807, 2.05) is 21.1 Å². The Kier molecular flexibility index (Phi) is 43.8. The quantitative estimate of drug-likeness (QED) is 0.0214. The number of carbonyl (C=O) groups excluding carboxylic acids is 1. The largest absolute Gasteiger partial charge is 0.472 e. The second-order valence-corrected chi connectivity index (χ2v) is 20.0. The molecular formula is C51H101NO7P+. The topological polar surface area (TPSA) is 91.3 Å². The molecule has 0 radical (unpaired) electrons. The molecule has 0 rings (SSSR count). The molecule has 2 unspecified atom stereocenters. The first-order valence-corrected chi connectivity index (χ1v) is 27.1. The smallest absolute Gasteiger partial charge is 0.457 e. The third-order valence-electron chi connectivity index (χ3n) is 11.2. The Labute approximate surface area is 373 Å². The van der Waals surface area contributed by atoms with E-state index in [1.54, 1.807) is 0 Å². The van der Waals surface area contributed by atoms with Gasteiger partial charge in [-0.2, -0.15) is 0 Å². The molecule has 0 bridgehead atoms. The molecule has 0 saturated heterocycles. The lowest BCUT2D eigenvalue weighted by molar-refractivity contribution is -0.870. The van der Waals surface area contributed by atoms with Gasteiger partial charge in [0.1, 0.15) is 19.3 Å². The second-order valence-electron chi connectivity index (χ2n) is 18.5. The SMILES string of the molecule is CCCCCCC/C=C\CCCCCCCC(=O)OC(COCCCCCCCCCCCCCC/C=C\CCCCCCCCCC)COP(=O)(O)OCC[N+](C)(C)C. The lowest BCUT2D eigenvalue weighted by atomic mass is 10.0. The molecule has 0 aliphatic heterocycles. The van der Waals surface area contributed by atoms with E-state index in [1.165, 1.54) is 173 Å². The highest BCUT2D eigenvalue weighted by atomic mass is 31.2. The highest BCUT2D eigenvalue weighted by Gasteiger charge is 2.26. The molecule has 0 heterocycles. The highest BCUT2D eigenvalue weighted by Crippen LogP contribution is 2.43. The zero-order chi connectivity index (χ0) is 44.1. The van der Waals surface area contributed by atoms with Gasteiger partial charge in [-0.3, -0.25) is 13.8 Å². The fraction of sp³-hybridized carbons (Fsp3) is 0.902. The molecule has 0 spiro atoms. The van der Waals surface area contributed by atoms with Crippen molar-refractivity contribution in [2.24, 2.45) is 0 Å². The van der Waals surface area contributed by atoms with Gasteiger partial charge < -0.3 is 18.9 Å². The monoisotopic (exact) mass is 871 g/mol. The summed E-state index contributed by atoms with van der Waals surface area (Å²) < 4.78 is 35.1. The molecule has 0 aromatic carbocycles. The zero-order valence-corrected chi connectivity index (χ0v) is 41.4. The predicted octanol–water partition coefficient (Wildman–Crippen LogP) is 15.6. The highest BCUT2D eigenvalue weighted by molar-refractivity contribution is 7.47. The van der Waals surface area contributed by atoms with Crippen LogP contribution in [0.25, 0.3) is 0 Å². The van der Waals surface area contributed by atoms with Gasteiger partial charge in [0.25, 0.3) is 0 Å². The molecule has 0 aromatic rings. The molecule has 8 nitrogen and oxygen atoms in total. The van der Waals surface area contributed by atoms with Gasteiger partial charge in [0.05, 0.1) is 34.4 Å². The number of hydrogen-bond acceptors (Lipinski definition) is 6. The Bertz CT molecular complexity index is 1010. The first kappa shape index (κ1) is 59.0. The summed E-state index contributed by atoms with van der Waals surface area (Å²) in [5, 5.41) is 0. The number of phosphoric acid groups is 1. The van der Waals surface area contributed by atoms with Crippen LogP contribution < -0.4 is 0 Å². The number of quaternary nitrogens is 1. The first-order chi connectivity index (χ1) is 29.1. The average Bonchev–Trinajstić information content (AvgIpc) is 3.20. The van der Waals surface area contributed by atoms with Crippen LogP contribution in [-0.2, 0) is 27.9 Å². The molecule has 2 atom stereocenters. The van der Waals surface area contributed by atoms with Gasteiger partial charge in [-0.15, -0.1) is 0 Å². The van der Waals surface area contributed by atoms with Crippen LogP contribution in [0.2, 0.25) is 0 Å². The van der Waals surface area contributed by atoms with Gasteiger partial charge in [-0.25, -0.2) is 4.57 Å². The Morgan fingerprint density at radius 2 is 0.867 bits per heavy atom. The van der Waals surface area contributed by atoms with Crippen molar-refractivity contribution in [3.63, 3.8) is 0 Å². The molecule has 0 amide bonds. The maximum absolute atomic E-state index is 12.7. The van der Waals surface area contributed by atoms with Crippen molar-refractivity contribution < 1.29 is 37.3 Å². The Morgan fingerprint density at radius 1 is 0.500 bits per heavy atom. The van der Waals surface area contributed by atoms with Crippen LogP contribution >= 0.6 is 7.82 Å². The van der Waals surface area contributed by atoms with E-state index in [-0.39, 0.29) is 25.8 Å². The Hall–Kier alpha value is -1.02. The van der Waals surface area contributed by atoms with E-state index in [0.717, 1.165) is 44.9 Å². The van der Waals surface area contributed by atoms with Crippen LogP contribution in [0.4, 0.5) is 0 Å². The van der Waals surface area contributed by atoms with Crippen molar-refractivity contribution in [3.05, 3.63) is 24.3 Å². The minimum Gasteiger partial charge on any atom is -0.457 e. The van der Waals surface area contributed by atoms with Crippen LogP contribution in [-0.4, -0.2) is 75.6 Å². The van der Waals surface area contributed by atoms with Gasteiger partial charge in [0, 0.05) is 13.0 Å². The number of allylic oxidation sites excluding steroid dienone is 4. The zero-order valence-electron chi connectivity index (χ0n) is 40.5. The summed E-state index contributed by atoms with van der Waals surface area (Å²) in [7, 11) is 1.67. The van der Waals surface area contributed by atoms with Crippen LogP contribution in [0.5, 0.6) is 0 Å². The fourth-order valence-corrected chi connectivity index (χ4v) is 7.99. The number of rotatable bonds is 48. The second kappa shape index (κ2) is 44.6. The number of esters is 1. The summed E-state index contributed by atoms with van der Waals surface area (Å²) in [5.74, 6) is -0.319. The van der Waals surface area contributed by atoms with E-state index in [9.17, 15) is 14.3 Å². The summed E-state index contributed by atoms with van der Waals surface area (Å²) in [6.45, 7) is 5.64. The van der Waals surface area contributed by atoms with Crippen LogP contribution in [0.15, 0.2) is 24.3 Å². The van der Waals surface area contributed by atoms with Gasteiger partial charge in [0.2, 0.25) is 0 Å². The molecule has 0 aliphatic rings. The van der Waals surface area contributed by atoms with Crippen LogP contribution in [0, 0.1) is 0 Å². The van der Waals surface area contributed by atoms with E-state index in [4.69, 9.17) is 18.5 Å². The van der Waals surface area contributed by atoms with Crippen molar-refractivity contribution >= 4 is 13.8 Å². The third kappa shape index (κ3) is 48.0. The number of ether oxygens (including phenoxy) is 2. The van der Waals surface area contributed by atoms with E-state index in [2.05, 4.69) is 38.2 Å². The maximum atomic E-state index is 12.7. The van der Waals surface area contributed by atoms with Crippen molar-refractivity contribution in [1.82, 2.24) is 0 Å². The summed E-state index contributed by atoms with van der Waals surface area (Å²) in [5.41, 5.74) is 0. The number of carbonyl (C=O) groups is 1. The number of unbranched alkanes of at least 4 members (excludes halogenated alkanes) is 30. The van der Waals surface area contributed by atoms with Gasteiger partial charge in [-0.1, -0.05) is 192 Å². The minimum atomic E-state index is -4.28. The Balaban J connectivity index is 4.07. The molecule has 9 heteroatoms. The van der Waals surface area contributed by atoms with Gasteiger partial charge >= 0.3 is 13.8 Å². The molecule has 0 aliphatic carbocycles. The number of nitrogens with zero attached hydrogens (tertiary/aromatic N) is 1. The standard InChI is InChI=1S/C51H100NO7P/c1-6-8-10-12-14-16-18-20-22-23-24-25-26-27-28-29-30-31-33-35-37-39-41-43-46-56-48-50(49-58-60(54,55)57-47-45-52(3,4)5)59-51(53)44-42-40-38-36-34-32-21-19-17-15-13-11-9-7-2/h19,21,23-24,50H,6-18,20,22,25-49H2,1-5H3/p+1/b21-19-,24-23-. The summed E-state index contributed by atoms with van der Waals surface area (Å²) in [6, 6.07) is 0. The van der Waals surface area contributed by atoms with Crippen molar-refractivity contribution in [1.29, 1.82) is 0 Å². The summed E-state index contributed by atoms with van der Waals surface area (Å²) in [4.78, 5) is 22.9. The fourth-order valence-electron chi connectivity index (χ4n) is 7.25. The molecule has 356 valence electrons. The third-order valence-corrected chi connectivity index (χ3v) is 12.2. The van der Waals surface area contributed by atoms with Crippen molar-refractivity contribution in [3.8, 4) is 0 Å². The molecular weight excluding hydrogens is 770 g/mol. The normalized spacial score (nSPS) is 13.8. The Morgan fingerprint density at radius 3 is 1.27 bits per heavy atom. The van der Waals surface area contributed by atoms with E-state index >= 15 is 0 Å². The molecule has 0 saturated carbocycles. The molecule has 1 N–H and O–H groups in total. The van der Waals surface area contributed by atoms with E-state index in [0.29, 0.717) is 24.1 Å². The van der Waals surface area contributed by atoms with E-state index < -0.39 is 13.9 Å². The van der Waals surface area contributed by atoms with Crippen molar-refractivity contribution in [2.45, 2.75) is 245 Å². The summed E-state index contributed by atoms with van der Waals surface area (Å²) in [6.07, 6.45) is 52.3. The number of hydrogen-bond donors (Lipinski definition) is 1. The van der Waals surface area contributed by atoms with Gasteiger partial charge in [0.15, 0.2) is 0 Å². The minimum absolute atomic E-state index is 0.0887. The first-order valence-electron chi connectivity index (χ1n) is 25.6. The average molecular weight is 871 g/mol. The maximum Gasteiger partial charge on any atom is 0.472 e. The van der Waals surface area contributed by atoms with Gasteiger partial charge in [-0.05, 0) is 64.2 Å². The van der Waals surface area contributed by atoms with Crippen LogP contribution in [0.1, 0.15) is 239 Å². The summed E-state index contributed by atoms with van der Waals surface area (Å²) >= 11 is 0. The van der Waals surface area contributed by atoms with Crippen molar-refractivity contribution in [2.75, 3.05) is 54.1 Å². The number of phosphoric ester groups is 1. The molecule has 0 aromatic heterocycles. The van der Waals surface area contributed by atoms with Crippen LogP contribution in [0.3, 0.4) is 0 Å². The predicted molar refractivity (Wildman–Crippen MR) is 257 cm³/mol. The lowest BCUT2D eigenvalue weighted by Crippen LogP contribution is -2.37.